The van der Waals surface area contributed by atoms with E-state index in [0.29, 0.717) is 12.0 Å². The van der Waals surface area contributed by atoms with E-state index in [4.69, 9.17) is 4.74 Å². The molecule has 0 saturated carbocycles. The molecule has 0 aromatic heterocycles. The zero-order chi connectivity index (χ0) is 16.2. The summed E-state index contributed by atoms with van der Waals surface area (Å²) in [5.74, 6) is 1.93. The summed E-state index contributed by atoms with van der Waals surface area (Å²) in [4.78, 5) is 13.9. The normalized spacial score (nSPS) is 29.6. The first-order valence-electron chi connectivity index (χ1n) is 8.68. The number of hydrogen-bond donors (Lipinski definition) is 1. The minimum atomic E-state index is -0.397. The Morgan fingerprint density at radius 3 is 2.82 bits per heavy atom. The fourth-order valence-electron chi connectivity index (χ4n) is 3.22. The van der Waals surface area contributed by atoms with Gasteiger partial charge in [0.25, 0.3) is 0 Å². The highest BCUT2D eigenvalue weighted by Gasteiger charge is 2.29. The van der Waals surface area contributed by atoms with E-state index in [2.05, 4.69) is 24.0 Å². The summed E-state index contributed by atoms with van der Waals surface area (Å²) in [5.41, 5.74) is -0.397. The molecule has 1 amide bonds. The van der Waals surface area contributed by atoms with Crippen molar-refractivity contribution in [2.24, 2.45) is 5.92 Å². The van der Waals surface area contributed by atoms with Crippen molar-refractivity contribution in [3.63, 3.8) is 0 Å². The van der Waals surface area contributed by atoms with E-state index in [1.165, 1.54) is 18.6 Å². The Labute approximate surface area is 139 Å². The predicted molar refractivity (Wildman–Crippen MR) is 93.5 cm³/mol. The van der Waals surface area contributed by atoms with Crippen LogP contribution in [0.5, 0.6) is 0 Å². The van der Waals surface area contributed by atoms with Gasteiger partial charge >= 0.3 is 6.09 Å². The standard InChI is InChI=1S/C17H32N2O2S/c1-13-15(6-5-11-22-13)18-9-7-14-8-10-19(12-14)16(20)21-17(2,3)4/h13-15,18H,5-12H2,1-4H3. The molecule has 2 rings (SSSR count). The summed E-state index contributed by atoms with van der Waals surface area (Å²) < 4.78 is 5.45. The number of amides is 1. The van der Waals surface area contributed by atoms with Gasteiger partial charge in [-0.15, -0.1) is 0 Å². The lowest BCUT2D eigenvalue weighted by atomic mass is 10.0. The van der Waals surface area contributed by atoms with Gasteiger partial charge in [-0.05, 0) is 64.7 Å². The van der Waals surface area contributed by atoms with Crippen molar-refractivity contribution >= 4 is 17.9 Å². The molecule has 0 aromatic carbocycles. The molecule has 5 heteroatoms. The molecule has 128 valence electrons. The molecule has 2 heterocycles. The molecular formula is C17H32N2O2S. The molecule has 3 atom stereocenters. The Morgan fingerprint density at radius 2 is 2.14 bits per heavy atom. The molecule has 3 unspecified atom stereocenters. The summed E-state index contributed by atoms with van der Waals surface area (Å²) >= 11 is 2.09. The van der Waals surface area contributed by atoms with E-state index in [-0.39, 0.29) is 6.09 Å². The van der Waals surface area contributed by atoms with Crippen molar-refractivity contribution in [1.29, 1.82) is 0 Å². The van der Waals surface area contributed by atoms with Gasteiger partial charge in [-0.3, -0.25) is 0 Å². The zero-order valence-electron chi connectivity index (χ0n) is 14.6. The molecule has 0 bridgehead atoms. The van der Waals surface area contributed by atoms with Gasteiger partial charge in [0.1, 0.15) is 5.60 Å². The molecule has 2 aliphatic rings. The Kier molecular flexibility index (Phi) is 6.45. The summed E-state index contributed by atoms with van der Waals surface area (Å²) in [7, 11) is 0. The number of thioether (sulfide) groups is 1. The lowest BCUT2D eigenvalue weighted by molar-refractivity contribution is 0.0287. The molecule has 1 N–H and O–H groups in total. The molecule has 2 saturated heterocycles. The second kappa shape index (κ2) is 7.91. The third-order valence-electron chi connectivity index (χ3n) is 4.50. The molecule has 2 aliphatic heterocycles. The van der Waals surface area contributed by atoms with Gasteiger partial charge in [-0.25, -0.2) is 4.79 Å². The van der Waals surface area contributed by atoms with Crippen molar-refractivity contribution < 1.29 is 9.53 Å². The van der Waals surface area contributed by atoms with E-state index in [0.717, 1.165) is 37.7 Å². The number of ether oxygens (including phenoxy) is 1. The molecule has 0 aromatic rings. The number of likely N-dealkylation sites (tertiary alicyclic amines) is 1. The van der Waals surface area contributed by atoms with Gasteiger partial charge in [0.05, 0.1) is 0 Å². The highest BCUT2D eigenvalue weighted by Crippen LogP contribution is 2.26. The Balaban J connectivity index is 1.65. The van der Waals surface area contributed by atoms with Crippen molar-refractivity contribution in [3.8, 4) is 0 Å². The van der Waals surface area contributed by atoms with Crippen LogP contribution in [0.1, 0.15) is 53.4 Å². The average Bonchev–Trinajstić information content (AvgIpc) is 2.88. The lowest BCUT2D eigenvalue weighted by Gasteiger charge is -2.29. The van der Waals surface area contributed by atoms with Crippen LogP contribution in [-0.4, -0.2) is 53.3 Å². The first-order chi connectivity index (χ1) is 10.3. The van der Waals surface area contributed by atoms with Gasteiger partial charge in [0.15, 0.2) is 0 Å². The van der Waals surface area contributed by atoms with Crippen LogP contribution in [0.25, 0.3) is 0 Å². The van der Waals surface area contributed by atoms with E-state index in [9.17, 15) is 4.79 Å². The zero-order valence-corrected chi connectivity index (χ0v) is 15.4. The molecule has 2 fully saturated rings. The van der Waals surface area contributed by atoms with Crippen molar-refractivity contribution in [3.05, 3.63) is 0 Å². The third-order valence-corrected chi connectivity index (χ3v) is 5.88. The fourth-order valence-corrected chi connectivity index (χ4v) is 4.39. The van der Waals surface area contributed by atoms with Crippen molar-refractivity contribution in [2.75, 3.05) is 25.4 Å². The van der Waals surface area contributed by atoms with E-state index in [1.807, 2.05) is 25.7 Å². The third kappa shape index (κ3) is 5.65. The van der Waals surface area contributed by atoms with Gasteiger partial charge in [-0.1, -0.05) is 6.92 Å². The second-order valence-electron chi connectivity index (χ2n) is 7.65. The highest BCUT2D eigenvalue weighted by atomic mass is 32.2. The second-order valence-corrected chi connectivity index (χ2v) is 9.13. The quantitative estimate of drug-likeness (QED) is 0.857. The first-order valence-corrected chi connectivity index (χ1v) is 9.73. The smallest absolute Gasteiger partial charge is 0.410 e. The van der Waals surface area contributed by atoms with E-state index < -0.39 is 5.60 Å². The van der Waals surface area contributed by atoms with Crippen LogP contribution in [-0.2, 0) is 4.74 Å². The Hall–Kier alpha value is -0.420. The lowest BCUT2D eigenvalue weighted by Crippen LogP contribution is -2.40. The largest absolute Gasteiger partial charge is 0.444 e. The van der Waals surface area contributed by atoms with Crippen LogP contribution in [0, 0.1) is 5.92 Å². The SMILES string of the molecule is CC1SCCCC1NCCC1CCN(C(=O)OC(C)(C)C)C1. The maximum absolute atomic E-state index is 12.1. The number of hydrogen-bond acceptors (Lipinski definition) is 4. The summed E-state index contributed by atoms with van der Waals surface area (Å²) in [6.45, 7) is 10.9. The minimum Gasteiger partial charge on any atom is -0.444 e. The van der Waals surface area contributed by atoms with E-state index in [1.54, 1.807) is 0 Å². The summed E-state index contributed by atoms with van der Waals surface area (Å²) in [5, 5.41) is 4.46. The van der Waals surface area contributed by atoms with Crippen LogP contribution >= 0.6 is 11.8 Å². The molecular weight excluding hydrogens is 296 g/mol. The van der Waals surface area contributed by atoms with Crippen LogP contribution in [0.2, 0.25) is 0 Å². The average molecular weight is 329 g/mol. The number of nitrogens with zero attached hydrogens (tertiary/aromatic N) is 1. The highest BCUT2D eigenvalue weighted by molar-refractivity contribution is 7.99. The molecule has 0 spiro atoms. The topological polar surface area (TPSA) is 41.6 Å². The molecule has 0 aliphatic carbocycles. The van der Waals surface area contributed by atoms with Gasteiger partial charge in [0.2, 0.25) is 0 Å². The van der Waals surface area contributed by atoms with Gasteiger partial charge < -0.3 is 15.0 Å². The first kappa shape index (κ1) is 17.9. The summed E-state index contributed by atoms with van der Waals surface area (Å²) in [6, 6.07) is 0.669. The molecule has 0 radical (unpaired) electrons. The molecule has 4 nitrogen and oxygen atoms in total. The minimum absolute atomic E-state index is 0.153. The number of carbonyl (C=O) groups is 1. The summed E-state index contributed by atoms with van der Waals surface area (Å²) in [6.07, 6.45) is 4.76. The number of nitrogens with one attached hydrogen (secondary N) is 1. The Bertz CT molecular complexity index is 370. The maximum atomic E-state index is 12.1. The van der Waals surface area contributed by atoms with Crippen LogP contribution in [0.15, 0.2) is 0 Å². The maximum Gasteiger partial charge on any atom is 0.410 e. The molecule has 22 heavy (non-hydrogen) atoms. The van der Waals surface area contributed by atoms with Crippen molar-refractivity contribution in [2.45, 2.75) is 70.3 Å². The number of carbonyl (C=O) groups excluding carboxylic acids is 1. The van der Waals surface area contributed by atoms with Crippen LogP contribution < -0.4 is 5.32 Å². The predicted octanol–water partition coefficient (Wildman–Crippen LogP) is 3.51. The van der Waals surface area contributed by atoms with Gasteiger partial charge in [-0.2, -0.15) is 11.8 Å². The monoisotopic (exact) mass is 328 g/mol. The van der Waals surface area contributed by atoms with E-state index >= 15 is 0 Å². The van der Waals surface area contributed by atoms with Crippen LogP contribution in [0.3, 0.4) is 0 Å². The van der Waals surface area contributed by atoms with Gasteiger partial charge in [0, 0.05) is 24.4 Å². The fraction of sp³-hybridized carbons (Fsp3) is 0.941. The Morgan fingerprint density at radius 1 is 1.36 bits per heavy atom. The number of rotatable bonds is 4. The van der Waals surface area contributed by atoms with Crippen molar-refractivity contribution in [1.82, 2.24) is 10.2 Å². The van der Waals surface area contributed by atoms with Crippen LogP contribution in [0.4, 0.5) is 4.79 Å².